The van der Waals surface area contributed by atoms with Gasteiger partial charge in [-0.25, -0.2) is 4.79 Å². The molecule has 0 bridgehead atoms. The van der Waals surface area contributed by atoms with Gasteiger partial charge in [0.25, 0.3) is 0 Å². The summed E-state index contributed by atoms with van der Waals surface area (Å²) in [7, 11) is 0. The SMILES string of the molecule is CC1N(C(=O)OC(C)(C)C)CC1(C)O. The molecule has 2 atom stereocenters. The smallest absolute Gasteiger partial charge is 0.410 e. The zero-order valence-electron chi connectivity index (χ0n) is 9.50. The number of ether oxygens (including phenoxy) is 1. The summed E-state index contributed by atoms with van der Waals surface area (Å²) in [6.45, 7) is 9.36. The maximum atomic E-state index is 11.5. The molecule has 0 aliphatic carbocycles. The van der Waals surface area contributed by atoms with Crippen LogP contribution in [0.15, 0.2) is 0 Å². The first kappa shape index (κ1) is 11.3. The van der Waals surface area contributed by atoms with Crippen molar-refractivity contribution in [3.8, 4) is 0 Å². The number of amides is 1. The molecule has 1 amide bonds. The van der Waals surface area contributed by atoms with Gasteiger partial charge in [-0.15, -0.1) is 0 Å². The van der Waals surface area contributed by atoms with Crippen molar-refractivity contribution in [3.63, 3.8) is 0 Å². The average Bonchev–Trinajstić information content (AvgIpc) is 1.96. The number of carbonyl (C=O) groups excluding carboxylic acids is 1. The molecule has 1 rings (SSSR count). The lowest BCUT2D eigenvalue weighted by atomic mass is 9.87. The molecule has 0 saturated carbocycles. The number of aliphatic hydroxyl groups is 1. The monoisotopic (exact) mass is 201 g/mol. The summed E-state index contributed by atoms with van der Waals surface area (Å²) in [5.41, 5.74) is -1.24. The molecular weight excluding hydrogens is 182 g/mol. The fourth-order valence-electron chi connectivity index (χ4n) is 1.38. The van der Waals surface area contributed by atoms with Gasteiger partial charge in [-0.2, -0.15) is 0 Å². The van der Waals surface area contributed by atoms with E-state index in [1.54, 1.807) is 6.92 Å². The Morgan fingerprint density at radius 1 is 1.57 bits per heavy atom. The third-order valence-corrected chi connectivity index (χ3v) is 2.49. The predicted octanol–water partition coefficient (Wildman–Crippen LogP) is 1.38. The van der Waals surface area contributed by atoms with Crippen LogP contribution >= 0.6 is 0 Å². The lowest BCUT2D eigenvalue weighted by Crippen LogP contribution is -2.68. The minimum Gasteiger partial charge on any atom is -0.444 e. The van der Waals surface area contributed by atoms with E-state index in [1.165, 1.54) is 4.90 Å². The molecule has 2 unspecified atom stereocenters. The quantitative estimate of drug-likeness (QED) is 0.644. The fourth-order valence-corrected chi connectivity index (χ4v) is 1.38. The second-order valence-corrected chi connectivity index (χ2v) is 5.14. The predicted molar refractivity (Wildman–Crippen MR) is 53.0 cm³/mol. The minimum atomic E-state index is -0.767. The molecule has 82 valence electrons. The minimum absolute atomic E-state index is 0.169. The van der Waals surface area contributed by atoms with Crippen molar-refractivity contribution in [2.45, 2.75) is 51.9 Å². The van der Waals surface area contributed by atoms with Crippen LogP contribution in [0, 0.1) is 0 Å². The van der Waals surface area contributed by atoms with Gasteiger partial charge >= 0.3 is 6.09 Å². The van der Waals surface area contributed by atoms with Crippen molar-refractivity contribution in [2.24, 2.45) is 0 Å². The number of nitrogens with zero attached hydrogens (tertiary/aromatic N) is 1. The summed E-state index contributed by atoms with van der Waals surface area (Å²) in [6.07, 6.45) is -0.350. The highest BCUT2D eigenvalue weighted by Crippen LogP contribution is 2.29. The van der Waals surface area contributed by atoms with Gasteiger partial charge in [0.2, 0.25) is 0 Å². The molecule has 1 fully saturated rings. The second kappa shape index (κ2) is 3.12. The molecule has 4 heteroatoms. The van der Waals surface area contributed by atoms with Crippen LogP contribution in [-0.4, -0.2) is 39.9 Å². The second-order valence-electron chi connectivity index (χ2n) is 5.14. The van der Waals surface area contributed by atoms with Crippen LogP contribution in [0.2, 0.25) is 0 Å². The maximum Gasteiger partial charge on any atom is 0.410 e. The zero-order chi connectivity index (χ0) is 11.1. The third kappa shape index (κ3) is 2.18. The van der Waals surface area contributed by atoms with Crippen molar-refractivity contribution in [3.05, 3.63) is 0 Å². The van der Waals surface area contributed by atoms with Crippen molar-refractivity contribution >= 4 is 6.09 Å². The highest BCUT2D eigenvalue weighted by molar-refractivity contribution is 5.70. The van der Waals surface area contributed by atoms with E-state index < -0.39 is 11.2 Å². The normalized spacial score (nSPS) is 32.4. The molecule has 0 aromatic carbocycles. The van der Waals surface area contributed by atoms with E-state index >= 15 is 0 Å². The molecule has 0 aromatic heterocycles. The fraction of sp³-hybridized carbons (Fsp3) is 0.900. The van der Waals surface area contributed by atoms with Crippen LogP contribution in [0.1, 0.15) is 34.6 Å². The van der Waals surface area contributed by atoms with Gasteiger partial charge in [0.15, 0.2) is 0 Å². The van der Waals surface area contributed by atoms with E-state index in [-0.39, 0.29) is 12.1 Å². The lowest BCUT2D eigenvalue weighted by molar-refractivity contribution is -0.127. The summed E-state index contributed by atoms with van der Waals surface area (Å²) < 4.78 is 5.18. The molecule has 14 heavy (non-hydrogen) atoms. The van der Waals surface area contributed by atoms with Crippen LogP contribution in [0.3, 0.4) is 0 Å². The number of hydrogen-bond donors (Lipinski definition) is 1. The molecular formula is C10H19NO3. The topological polar surface area (TPSA) is 49.8 Å². The summed E-state index contributed by atoms with van der Waals surface area (Å²) in [6, 6.07) is -0.169. The Morgan fingerprint density at radius 3 is 2.36 bits per heavy atom. The number of carbonyl (C=O) groups is 1. The van der Waals surface area contributed by atoms with Gasteiger partial charge in [-0.3, -0.25) is 4.90 Å². The van der Waals surface area contributed by atoms with Crippen LogP contribution in [0.25, 0.3) is 0 Å². The van der Waals surface area contributed by atoms with Crippen molar-refractivity contribution in [1.29, 1.82) is 0 Å². The molecule has 4 nitrogen and oxygen atoms in total. The van der Waals surface area contributed by atoms with Gasteiger partial charge in [-0.05, 0) is 34.6 Å². The molecule has 0 spiro atoms. The lowest BCUT2D eigenvalue weighted by Gasteiger charge is -2.50. The van der Waals surface area contributed by atoms with Gasteiger partial charge in [-0.1, -0.05) is 0 Å². The molecule has 0 aromatic rings. The van der Waals surface area contributed by atoms with Crippen LogP contribution in [0.4, 0.5) is 4.79 Å². The Bertz CT molecular complexity index is 242. The molecule has 0 radical (unpaired) electrons. The van der Waals surface area contributed by atoms with E-state index in [1.807, 2.05) is 27.7 Å². The largest absolute Gasteiger partial charge is 0.444 e. The highest BCUT2D eigenvalue weighted by Gasteiger charge is 2.48. The number of β-amino-alcohol motifs (C(OH)–C–C–N with tert-alkyl or cyclic N) is 1. The standard InChI is InChI=1S/C10H19NO3/c1-7-10(5,13)6-11(7)8(12)14-9(2,3)4/h7,13H,6H2,1-5H3. The van der Waals surface area contributed by atoms with Gasteiger partial charge in [0, 0.05) is 0 Å². The van der Waals surface area contributed by atoms with Crippen molar-refractivity contribution in [2.75, 3.05) is 6.54 Å². The summed E-state index contributed by atoms with van der Waals surface area (Å²) in [5, 5.41) is 9.65. The van der Waals surface area contributed by atoms with E-state index in [2.05, 4.69) is 0 Å². The maximum absolute atomic E-state index is 11.5. The van der Waals surface area contributed by atoms with Gasteiger partial charge in [0.05, 0.1) is 18.2 Å². The first-order valence-corrected chi connectivity index (χ1v) is 4.85. The van der Waals surface area contributed by atoms with E-state index in [9.17, 15) is 9.90 Å². The Hall–Kier alpha value is -0.770. The van der Waals surface area contributed by atoms with Crippen molar-refractivity contribution in [1.82, 2.24) is 4.90 Å². The first-order valence-electron chi connectivity index (χ1n) is 4.85. The molecule has 1 aliphatic heterocycles. The zero-order valence-corrected chi connectivity index (χ0v) is 9.50. The number of rotatable bonds is 0. The Labute approximate surface area is 84.8 Å². The average molecular weight is 201 g/mol. The first-order chi connectivity index (χ1) is 6.13. The van der Waals surface area contributed by atoms with Gasteiger partial charge in [0.1, 0.15) is 5.60 Å². The Kier molecular flexibility index (Phi) is 2.52. The molecule has 1 N–H and O–H groups in total. The number of hydrogen-bond acceptors (Lipinski definition) is 3. The van der Waals surface area contributed by atoms with E-state index in [0.29, 0.717) is 6.54 Å². The Morgan fingerprint density at radius 2 is 2.07 bits per heavy atom. The van der Waals surface area contributed by atoms with E-state index in [0.717, 1.165) is 0 Å². The third-order valence-electron chi connectivity index (χ3n) is 2.49. The van der Waals surface area contributed by atoms with Crippen LogP contribution < -0.4 is 0 Å². The molecule has 1 aliphatic rings. The summed E-state index contributed by atoms with van der Waals surface area (Å²) >= 11 is 0. The van der Waals surface area contributed by atoms with Crippen molar-refractivity contribution < 1.29 is 14.6 Å². The summed E-state index contributed by atoms with van der Waals surface area (Å²) in [5.74, 6) is 0. The molecule has 1 heterocycles. The summed E-state index contributed by atoms with van der Waals surface area (Å²) in [4.78, 5) is 13.1. The van der Waals surface area contributed by atoms with Crippen LogP contribution in [-0.2, 0) is 4.74 Å². The Balaban J connectivity index is 2.50. The van der Waals surface area contributed by atoms with Gasteiger partial charge < -0.3 is 9.84 Å². The van der Waals surface area contributed by atoms with Crippen LogP contribution in [0.5, 0.6) is 0 Å². The molecule has 1 saturated heterocycles. The number of likely N-dealkylation sites (tertiary alicyclic amines) is 1. The highest BCUT2D eigenvalue weighted by atomic mass is 16.6. The van der Waals surface area contributed by atoms with E-state index in [4.69, 9.17) is 4.74 Å².